The van der Waals surface area contributed by atoms with Gasteiger partial charge in [0.05, 0.1) is 0 Å². The molecule has 2 aliphatic carbocycles. The molecule has 0 fully saturated rings. The van der Waals surface area contributed by atoms with Crippen LogP contribution in [0.5, 0.6) is 0 Å². The summed E-state index contributed by atoms with van der Waals surface area (Å²) >= 11 is 0. The fourth-order valence-electron chi connectivity index (χ4n) is 4.34. The largest absolute Gasteiger partial charge is 0.0619 e. The fraction of sp³-hybridized carbons (Fsp3) is 0.429. The summed E-state index contributed by atoms with van der Waals surface area (Å²) < 4.78 is 0. The Morgan fingerprint density at radius 3 is 2.38 bits per heavy atom. The summed E-state index contributed by atoms with van der Waals surface area (Å²) in [7, 11) is 0. The Hall–Kier alpha value is -1.56. The molecule has 0 aliphatic heterocycles. The van der Waals surface area contributed by atoms with Gasteiger partial charge >= 0.3 is 0 Å². The maximum atomic E-state index is 2.45. The van der Waals surface area contributed by atoms with Crippen LogP contribution < -0.4 is 0 Å². The number of aryl methyl sites for hydroxylation is 1. The Labute approximate surface area is 128 Å². The number of rotatable bonds is 0. The normalized spacial score (nSPS) is 20.6. The van der Waals surface area contributed by atoms with E-state index in [4.69, 9.17) is 0 Å². The lowest BCUT2D eigenvalue weighted by Crippen LogP contribution is -2.41. The predicted octanol–water partition coefficient (Wildman–Crippen LogP) is 5.51. The number of fused-ring (bicyclic) bond motifs is 5. The molecule has 0 atom stereocenters. The van der Waals surface area contributed by atoms with E-state index in [0.29, 0.717) is 5.41 Å². The Morgan fingerprint density at radius 2 is 1.57 bits per heavy atom. The van der Waals surface area contributed by atoms with Crippen molar-refractivity contribution in [2.24, 2.45) is 5.41 Å². The zero-order chi connectivity index (χ0) is 14.8. The van der Waals surface area contributed by atoms with Crippen LogP contribution in [0, 0.1) is 5.41 Å². The standard InChI is InChI=1S/C21H24/c1-20(2)12-11-14-9-10-17-16-8-6-5-7-15(16)13-18(17)19(14)21(20,3)4/h5-10H,11-13H2,1-4H3. The zero-order valence-electron chi connectivity index (χ0n) is 13.6. The highest BCUT2D eigenvalue weighted by Crippen LogP contribution is 2.53. The summed E-state index contributed by atoms with van der Waals surface area (Å²) in [5, 5.41) is 0. The van der Waals surface area contributed by atoms with Gasteiger partial charge in [0.2, 0.25) is 0 Å². The van der Waals surface area contributed by atoms with Crippen LogP contribution in [-0.2, 0) is 18.3 Å². The first-order valence-electron chi connectivity index (χ1n) is 8.15. The van der Waals surface area contributed by atoms with Gasteiger partial charge in [0.25, 0.3) is 0 Å². The van der Waals surface area contributed by atoms with Crippen LogP contribution in [0.15, 0.2) is 36.4 Å². The average molecular weight is 276 g/mol. The SMILES string of the molecule is CC1(C)CCc2ccc3c(c2C1(C)C)Cc1ccccc1-3. The van der Waals surface area contributed by atoms with E-state index in [2.05, 4.69) is 64.1 Å². The van der Waals surface area contributed by atoms with Crippen LogP contribution in [0.4, 0.5) is 0 Å². The van der Waals surface area contributed by atoms with Gasteiger partial charge in [0.15, 0.2) is 0 Å². The Balaban J connectivity index is 1.99. The summed E-state index contributed by atoms with van der Waals surface area (Å²) in [5.74, 6) is 0. The van der Waals surface area contributed by atoms with E-state index in [9.17, 15) is 0 Å². The van der Waals surface area contributed by atoms with Crippen LogP contribution in [0.1, 0.15) is 56.4 Å². The monoisotopic (exact) mass is 276 g/mol. The van der Waals surface area contributed by atoms with E-state index in [1.165, 1.54) is 29.5 Å². The number of hydrogen-bond acceptors (Lipinski definition) is 0. The molecule has 2 aromatic carbocycles. The summed E-state index contributed by atoms with van der Waals surface area (Å²) in [6.07, 6.45) is 3.64. The number of benzene rings is 2. The topological polar surface area (TPSA) is 0 Å². The van der Waals surface area contributed by atoms with Crippen LogP contribution in [-0.4, -0.2) is 0 Å². The van der Waals surface area contributed by atoms with Crippen LogP contribution in [0.3, 0.4) is 0 Å². The summed E-state index contributed by atoms with van der Waals surface area (Å²) in [4.78, 5) is 0. The second kappa shape index (κ2) is 4.00. The predicted molar refractivity (Wildman–Crippen MR) is 89.8 cm³/mol. The molecule has 0 spiro atoms. The van der Waals surface area contributed by atoms with Crippen molar-refractivity contribution in [1.29, 1.82) is 0 Å². The third kappa shape index (κ3) is 1.62. The van der Waals surface area contributed by atoms with E-state index in [1.54, 1.807) is 16.7 Å². The molecule has 0 nitrogen and oxygen atoms in total. The Morgan fingerprint density at radius 1 is 0.810 bits per heavy atom. The summed E-state index contributed by atoms with van der Waals surface area (Å²) in [5.41, 5.74) is 9.88. The molecule has 0 aromatic heterocycles. The lowest BCUT2D eigenvalue weighted by Gasteiger charge is -2.48. The van der Waals surface area contributed by atoms with Gasteiger partial charge in [-0.2, -0.15) is 0 Å². The molecule has 108 valence electrons. The van der Waals surface area contributed by atoms with E-state index in [0.717, 1.165) is 6.42 Å². The van der Waals surface area contributed by atoms with E-state index in [-0.39, 0.29) is 5.41 Å². The minimum Gasteiger partial charge on any atom is -0.0619 e. The smallest absolute Gasteiger partial charge is 0.00104 e. The van der Waals surface area contributed by atoms with Crippen molar-refractivity contribution >= 4 is 0 Å². The van der Waals surface area contributed by atoms with Gasteiger partial charge < -0.3 is 0 Å². The molecule has 2 aliphatic rings. The molecular formula is C21H24. The molecule has 21 heavy (non-hydrogen) atoms. The van der Waals surface area contributed by atoms with E-state index in [1.807, 2.05) is 0 Å². The lowest BCUT2D eigenvalue weighted by atomic mass is 9.56. The highest BCUT2D eigenvalue weighted by Gasteiger charge is 2.44. The van der Waals surface area contributed by atoms with Crippen molar-refractivity contribution in [2.45, 2.75) is 52.4 Å². The van der Waals surface area contributed by atoms with Crippen molar-refractivity contribution < 1.29 is 0 Å². The molecule has 0 N–H and O–H groups in total. The molecule has 0 heteroatoms. The van der Waals surface area contributed by atoms with E-state index >= 15 is 0 Å². The maximum absolute atomic E-state index is 2.45. The number of hydrogen-bond donors (Lipinski definition) is 0. The molecule has 0 unspecified atom stereocenters. The van der Waals surface area contributed by atoms with Crippen molar-refractivity contribution in [1.82, 2.24) is 0 Å². The van der Waals surface area contributed by atoms with Gasteiger partial charge in [-0.1, -0.05) is 64.1 Å². The second-order valence-electron chi connectivity index (χ2n) is 7.97. The van der Waals surface area contributed by atoms with Crippen molar-refractivity contribution in [3.05, 3.63) is 58.7 Å². The van der Waals surface area contributed by atoms with Gasteiger partial charge in [-0.15, -0.1) is 0 Å². The molecule has 2 aromatic rings. The Kier molecular flexibility index (Phi) is 2.50. The van der Waals surface area contributed by atoms with Crippen LogP contribution >= 0.6 is 0 Å². The van der Waals surface area contributed by atoms with Crippen molar-refractivity contribution in [3.8, 4) is 11.1 Å². The van der Waals surface area contributed by atoms with Gasteiger partial charge in [-0.05, 0) is 63.5 Å². The quantitative estimate of drug-likeness (QED) is 0.508. The average Bonchev–Trinajstić information content (AvgIpc) is 2.81. The summed E-state index contributed by atoms with van der Waals surface area (Å²) in [6, 6.07) is 13.7. The molecule has 0 saturated heterocycles. The second-order valence-corrected chi connectivity index (χ2v) is 7.97. The first kappa shape index (κ1) is 13.1. The minimum absolute atomic E-state index is 0.244. The first-order valence-corrected chi connectivity index (χ1v) is 8.15. The molecule has 0 radical (unpaired) electrons. The van der Waals surface area contributed by atoms with Crippen LogP contribution in [0.2, 0.25) is 0 Å². The van der Waals surface area contributed by atoms with Crippen molar-refractivity contribution in [3.63, 3.8) is 0 Å². The Bertz CT molecular complexity index is 732. The van der Waals surface area contributed by atoms with Crippen molar-refractivity contribution in [2.75, 3.05) is 0 Å². The first-order chi connectivity index (χ1) is 9.92. The molecule has 0 saturated carbocycles. The highest BCUT2D eigenvalue weighted by molar-refractivity contribution is 5.79. The molecule has 4 rings (SSSR count). The minimum atomic E-state index is 0.244. The van der Waals surface area contributed by atoms with Crippen LogP contribution in [0.25, 0.3) is 11.1 Å². The third-order valence-corrected chi connectivity index (χ3v) is 6.41. The summed E-state index contributed by atoms with van der Waals surface area (Å²) in [6.45, 7) is 9.79. The maximum Gasteiger partial charge on any atom is -0.00104 e. The highest BCUT2D eigenvalue weighted by atomic mass is 14.5. The molecular weight excluding hydrogens is 252 g/mol. The van der Waals surface area contributed by atoms with Gasteiger partial charge in [0, 0.05) is 0 Å². The van der Waals surface area contributed by atoms with Gasteiger partial charge in [-0.3, -0.25) is 0 Å². The molecule has 0 amide bonds. The van der Waals surface area contributed by atoms with E-state index < -0.39 is 0 Å². The molecule has 0 heterocycles. The third-order valence-electron chi connectivity index (χ3n) is 6.41. The fourth-order valence-corrected chi connectivity index (χ4v) is 4.34. The van der Waals surface area contributed by atoms with Gasteiger partial charge in [0.1, 0.15) is 0 Å². The molecule has 0 bridgehead atoms. The zero-order valence-corrected chi connectivity index (χ0v) is 13.6. The lowest BCUT2D eigenvalue weighted by molar-refractivity contribution is 0.164. The van der Waals surface area contributed by atoms with Gasteiger partial charge in [-0.25, -0.2) is 0 Å².